The summed E-state index contributed by atoms with van der Waals surface area (Å²) in [6.45, 7) is 7.40. The van der Waals surface area contributed by atoms with Crippen molar-refractivity contribution in [2.45, 2.75) is 64.9 Å². The molecule has 0 spiro atoms. The fourth-order valence-corrected chi connectivity index (χ4v) is 2.99. The first-order valence-corrected chi connectivity index (χ1v) is 10.4. The van der Waals surface area contributed by atoms with Crippen LogP contribution < -0.4 is 10.6 Å². The molecule has 2 amide bonds. The van der Waals surface area contributed by atoms with Crippen LogP contribution in [0.5, 0.6) is 0 Å². The Bertz CT molecular complexity index is 902. The smallest absolute Gasteiger partial charge is 0.416 e. The summed E-state index contributed by atoms with van der Waals surface area (Å²) in [7, 11) is 0. The molecular formula is C24H29F3N2O3. The van der Waals surface area contributed by atoms with Gasteiger partial charge in [0.2, 0.25) is 5.91 Å². The summed E-state index contributed by atoms with van der Waals surface area (Å²) in [5.74, 6) is -0.315. The Kier molecular flexibility index (Phi) is 8.30. The summed E-state index contributed by atoms with van der Waals surface area (Å²) in [5, 5.41) is 5.40. The van der Waals surface area contributed by atoms with E-state index in [1.165, 1.54) is 12.1 Å². The van der Waals surface area contributed by atoms with Crippen LogP contribution in [0.4, 0.5) is 18.0 Å². The van der Waals surface area contributed by atoms with Gasteiger partial charge in [0.25, 0.3) is 0 Å². The molecule has 5 nitrogen and oxygen atoms in total. The van der Waals surface area contributed by atoms with Gasteiger partial charge >= 0.3 is 12.3 Å². The maximum absolute atomic E-state index is 12.7. The van der Waals surface area contributed by atoms with E-state index in [2.05, 4.69) is 10.6 Å². The van der Waals surface area contributed by atoms with E-state index in [0.717, 1.165) is 23.3 Å². The van der Waals surface area contributed by atoms with Gasteiger partial charge in [-0.05, 0) is 56.0 Å². The Labute approximate surface area is 186 Å². The van der Waals surface area contributed by atoms with Crippen molar-refractivity contribution in [3.05, 3.63) is 59.7 Å². The Balaban J connectivity index is 1.96. The van der Waals surface area contributed by atoms with E-state index in [4.69, 9.17) is 4.74 Å². The molecule has 2 rings (SSSR count). The number of carbonyl (C=O) groups excluding carboxylic acids is 2. The highest BCUT2D eigenvalue weighted by Crippen LogP contribution is 2.31. The van der Waals surface area contributed by atoms with Crippen LogP contribution in [-0.4, -0.2) is 23.6 Å². The Morgan fingerprint density at radius 3 is 1.94 bits per heavy atom. The second-order valence-corrected chi connectivity index (χ2v) is 8.48. The lowest BCUT2D eigenvalue weighted by Crippen LogP contribution is -2.47. The predicted octanol–water partition coefficient (Wildman–Crippen LogP) is 5.68. The molecule has 0 aliphatic rings. The number of halogens is 3. The molecule has 174 valence electrons. The number of alkyl carbamates (subject to hydrolysis) is 1. The molecule has 0 bridgehead atoms. The Hall–Kier alpha value is -3.03. The number of hydrogen-bond donors (Lipinski definition) is 2. The van der Waals surface area contributed by atoms with Crippen LogP contribution in [0.1, 0.15) is 51.7 Å². The molecule has 1 unspecified atom stereocenters. The molecule has 8 heteroatoms. The first kappa shape index (κ1) is 25.2. The summed E-state index contributed by atoms with van der Waals surface area (Å²) < 4.78 is 43.3. The topological polar surface area (TPSA) is 67.4 Å². The number of hydrogen-bond acceptors (Lipinski definition) is 3. The summed E-state index contributed by atoms with van der Waals surface area (Å²) in [6, 6.07) is 11.4. The number of ether oxygens (including phenoxy) is 1. The first-order chi connectivity index (χ1) is 14.9. The minimum atomic E-state index is -4.37. The van der Waals surface area contributed by atoms with Crippen molar-refractivity contribution < 1.29 is 27.5 Å². The van der Waals surface area contributed by atoms with Crippen molar-refractivity contribution in [1.82, 2.24) is 10.6 Å². The summed E-state index contributed by atoms with van der Waals surface area (Å²) in [6.07, 6.45) is -3.84. The molecule has 0 saturated heterocycles. The van der Waals surface area contributed by atoms with Crippen molar-refractivity contribution in [3.8, 4) is 11.1 Å². The van der Waals surface area contributed by atoms with Gasteiger partial charge in [-0.2, -0.15) is 13.2 Å². The maximum Gasteiger partial charge on any atom is 0.416 e. The third-order valence-electron chi connectivity index (χ3n) is 4.55. The van der Waals surface area contributed by atoms with E-state index in [1.807, 2.05) is 6.92 Å². The van der Waals surface area contributed by atoms with E-state index >= 15 is 0 Å². The van der Waals surface area contributed by atoms with Crippen molar-refractivity contribution in [3.63, 3.8) is 0 Å². The quantitative estimate of drug-likeness (QED) is 0.570. The van der Waals surface area contributed by atoms with Gasteiger partial charge < -0.3 is 15.4 Å². The SMILES string of the molecule is CCCC(NC(=O)OC(C)(C)C)C(=O)NCc1ccc(-c2ccc(C(F)(F)F)cc2)cc1. The lowest BCUT2D eigenvalue weighted by molar-refractivity contribution is -0.137. The van der Waals surface area contributed by atoms with Crippen molar-refractivity contribution in [2.75, 3.05) is 0 Å². The number of benzene rings is 2. The molecule has 1 atom stereocenters. The zero-order valence-corrected chi connectivity index (χ0v) is 18.7. The zero-order valence-electron chi connectivity index (χ0n) is 18.7. The zero-order chi connectivity index (χ0) is 23.9. The van der Waals surface area contributed by atoms with E-state index in [0.29, 0.717) is 18.4 Å². The van der Waals surface area contributed by atoms with E-state index in [-0.39, 0.29) is 12.5 Å². The van der Waals surface area contributed by atoms with Crippen molar-refractivity contribution in [2.24, 2.45) is 0 Å². The second-order valence-electron chi connectivity index (χ2n) is 8.48. The molecule has 0 saturated carbocycles. The Morgan fingerprint density at radius 1 is 0.938 bits per heavy atom. The van der Waals surface area contributed by atoms with Crippen molar-refractivity contribution in [1.29, 1.82) is 0 Å². The maximum atomic E-state index is 12.7. The molecular weight excluding hydrogens is 421 g/mol. The summed E-state index contributed by atoms with van der Waals surface area (Å²) >= 11 is 0. The number of alkyl halides is 3. The summed E-state index contributed by atoms with van der Waals surface area (Å²) in [5.41, 5.74) is 0.901. The van der Waals surface area contributed by atoms with E-state index < -0.39 is 29.5 Å². The van der Waals surface area contributed by atoms with Crippen LogP contribution in [0.15, 0.2) is 48.5 Å². The summed E-state index contributed by atoms with van der Waals surface area (Å²) in [4.78, 5) is 24.5. The minimum absolute atomic E-state index is 0.252. The molecule has 0 aromatic heterocycles. The number of nitrogens with one attached hydrogen (secondary N) is 2. The molecule has 2 aromatic carbocycles. The highest BCUT2D eigenvalue weighted by atomic mass is 19.4. The van der Waals surface area contributed by atoms with Gasteiger partial charge in [0.05, 0.1) is 5.56 Å². The van der Waals surface area contributed by atoms with E-state index in [1.54, 1.807) is 45.0 Å². The molecule has 0 aliphatic carbocycles. The molecule has 2 N–H and O–H groups in total. The second kappa shape index (κ2) is 10.5. The average Bonchev–Trinajstić information content (AvgIpc) is 2.70. The lowest BCUT2D eigenvalue weighted by Gasteiger charge is -2.23. The first-order valence-electron chi connectivity index (χ1n) is 10.4. The van der Waals surface area contributed by atoms with Crippen molar-refractivity contribution >= 4 is 12.0 Å². The Morgan fingerprint density at radius 2 is 1.47 bits per heavy atom. The molecule has 0 aliphatic heterocycles. The van der Waals surface area contributed by atoms with Crippen LogP contribution in [-0.2, 0) is 22.3 Å². The van der Waals surface area contributed by atoms with Gasteiger partial charge in [-0.25, -0.2) is 4.79 Å². The van der Waals surface area contributed by atoms with Gasteiger partial charge in [-0.15, -0.1) is 0 Å². The van der Waals surface area contributed by atoms with Crippen LogP contribution in [0, 0.1) is 0 Å². The molecule has 0 fully saturated rings. The van der Waals surface area contributed by atoms with Crippen LogP contribution in [0.25, 0.3) is 11.1 Å². The monoisotopic (exact) mass is 450 g/mol. The molecule has 0 heterocycles. The van der Waals surface area contributed by atoms with Crippen LogP contribution in [0.2, 0.25) is 0 Å². The van der Waals surface area contributed by atoms with E-state index in [9.17, 15) is 22.8 Å². The van der Waals surface area contributed by atoms with Crippen LogP contribution >= 0.6 is 0 Å². The fourth-order valence-electron chi connectivity index (χ4n) is 2.99. The minimum Gasteiger partial charge on any atom is -0.444 e. The van der Waals surface area contributed by atoms with Crippen LogP contribution in [0.3, 0.4) is 0 Å². The standard InChI is InChI=1S/C24H29F3N2O3/c1-5-6-20(29-22(31)32-23(2,3)4)21(30)28-15-16-7-9-17(10-8-16)18-11-13-19(14-12-18)24(25,26)27/h7-14,20H,5-6,15H2,1-4H3,(H,28,30)(H,29,31). The number of carbonyl (C=O) groups is 2. The highest BCUT2D eigenvalue weighted by Gasteiger charge is 2.30. The predicted molar refractivity (Wildman–Crippen MR) is 117 cm³/mol. The van der Waals surface area contributed by atoms with Gasteiger partial charge in [-0.3, -0.25) is 4.79 Å². The van der Waals surface area contributed by atoms with Gasteiger partial charge in [0.15, 0.2) is 0 Å². The molecule has 32 heavy (non-hydrogen) atoms. The van der Waals surface area contributed by atoms with Gasteiger partial charge in [0, 0.05) is 6.54 Å². The largest absolute Gasteiger partial charge is 0.444 e. The fraction of sp³-hybridized carbons (Fsp3) is 0.417. The lowest BCUT2D eigenvalue weighted by atomic mass is 10.0. The molecule has 2 aromatic rings. The number of rotatable bonds is 7. The highest BCUT2D eigenvalue weighted by molar-refractivity contribution is 5.85. The molecule has 0 radical (unpaired) electrons. The third kappa shape index (κ3) is 7.90. The van der Waals surface area contributed by atoms with Gasteiger partial charge in [-0.1, -0.05) is 49.7 Å². The number of amides is 2. The average molecular weight is 451 g/mol. The van der Waals surface area contributed by atoms with Gasteiger partial charge in [0.1, 0.15) is 11.6 Å². The third-order valence-corrected chi connectivity index (χ3v) is 4.55. The normalized spacial score (nSPS) is 12.7.